The summed E-state index contributed by atoms with van der Waals surface area (Å²) in [5, 5.41) is 2.15. The number of fused-ring (bicyclic) bond motifs is 2. The summed E-state index contributed by atoms with van der Waals surface area (Å²) in [6, 6.07) is 11.5. The number of likely N-dealkylation sites (N-methyl/N-ethyl adjacent to an activating group) is 1. The Morgan fingerprint density at radius 2 is 1.91 bits per heavy atom. The molecule has 0 radical (unpaired) electrons. The molecule has 0 spiro atoms. The SMILES string of the molecule is CC1C(N2CCN(C)CC2)c2cc(Cl)ccc2Sc2cccn21. The second kappa shape index (κ2) is 6.17. The predicted octanol–water partition coefficient (Wildman–Crippen LogP) is 4.16. The van der Waals surface area contributed by atoms with E-state index in [0.29, 0.717) is 12.1 Å². The van der Waals surface area contributed by atoms with E-state index in [4.69, 9.17) is 11.6 Å². The molecule has 2 aliphatic rings. The predicted molar refractivity (Wildman–Crippen MR) is 96.5 cm³/mol. The number of piperazine rings is 1. The fourth-order valence-corrected chi connectivity index (χ4v) is 5.09. The fraction of sp³-hybridized carbons (Fsp3) is 0.444. The smallest absolute Gasteiger partial charge is 0.0799 e. The van der Waals surface area contributed by atoms with Crippen molar-refractivity contribution in [3.8, 4) is 0 Å². The van der Waals surface area contributed by atoms with Crippen LogP contribution in [-0.4, -0.2) is 47.6 Å². The summed E-state index contributed by atoms with van der Waals surface area (Å²) >= 11 is 8.21. The highest BCUT2D eigenvalue weighted by molar-refractivity contribution is 7.99. The summed E-state index contributed by atoms with van der Waals surface area (Å²) in [6.07, 6.45) is 2.21. The maximum atomic E-state index is 6.35. The van der Waals surface area contributed by atoms with Gasteiger partial charge in [-0.3, -0.25) is 4.90 Å². The number of rotatable bonds is 1. The summed E-state index contributed by atoms with van der Waals surface area (Å²) < 4.78 is 2.42. The Labute approximate surface area is 147 Å². The number of hydrogen-bond acceptors (Lipinski definition) is 3. The van der Waals surface area contributed by atoms with Crippen LogP contribution in [0, 0.1) is 0 Å². The molecular weight excluding hydrogens is 326 g/mol. The van der Waals surface area contributed by atoms with Crippen LogP contribution in [0.4, 0.5) is 0 Å². The molecule has 5 heteroatoms. The molecule has 122 valence electrons. The standard InChI is InChI=1S/C18H22ClN3S/c1-13-18(21-10-8-20(2)9-11-21)15-12-14(19)5-6-16(15)23-17-4-3-7-22(13)17/h3-7,12-13,18H,8-11H2,1-2H3. The molecule has 1 fully saturated rings. The molecule has 1 aromatic heterocycles. The van der Waals surface area contributed by atoms with E-state index in [0.717, 1.165) is 31.2 Å². The van der Waals surface area contributed by atoms with E-state index in [9.17, 15) is 0 Å². The van der Waals surface area contributed by atoms with Crippen molar-refractivity contribution < 1.29 is 0 Å². The first kappa shape index (κ1) is 15.6. The lowest BCUT2D eigenvalue weighted by Gasteiger charge is -2.41. The number of benzene rings is 1. The molecule has 0 N–H and O–H groups in total. The topological polar surface area (TPSA) is 11.4 Å². The van der Waals surface area contributed by atoms with Crippen LogP contribution in [0.3, 0.4) is 0 Å². The van der Waals surface area contributed by atoms with Crippen LogP contribution >= 0.6 is 23.4 Å². The van der Waals surface area contributed by atoms with Crippen LogP contribution in [0.2, 0.25) is 5.02 Å². The van der Waals surface area contributed by atoms with Crippen molar-refractivity contribution in [1.29, 1.82) is 0 Å². The molecule has 2 atom stereocenters. The van der Waals surface area contributed by atoms with Gasteiger partial charge in [0.1, 0.15) is 0 Å². The Balaban J connectivity index is 1.80. The molecule has 4 rings (SSSR count). The Morgan fingerprint density at radius 1 is 1.13 bits per heavy atom. The van der Waals surface area contributed by atoms with E-state index < -0.39 is 0 Å². The zero-order valence-corrected chi connectivity index (χ0v) is 15.1. The largest absolute Gasteiger partial charge is 0.338 e. The Morgan fingerprint density at radius 3 is 2.70 bits per heavy atom. The van der Waals surface area contributed by atoms with Gasteiger partial charge in [-0.25, -0.2) is 0 Å². The Kier molecular flexibility index (Phi) is 4.18. The third-order valence-corrected chi connectivity index (χ3v) is 6.45. The minimum atomic E-state index is 0.374. The lowest BCUT2D eigenvalue weighted by atomic mass is 9.97. The monoisotopic (exact) mass is 347 g/mol. The third-order valence-electron chi connectivity index (χ3n) is 5.07. The van der Waals surface area contributed by atoms with E-state index in [-0.39, 0.29) is 0 Å². The van der Waals surface area contributed by atoms with E-state index in [1.165, 1.54) is 15.5 Å². The average molecular weight is 348 g/mol. The van der Waals surface area contributed by atoms with Gasteiger partial charge in [0.05, 0.1) is 17.1 Å². The molecule has 1 saturated heterocycles. The van der Waals surface area contributed by atoms with E-state index in [1.807, 2.05) is 17.8 Å². The Bertz CT molecular complexity index is 706. The van der Waals surface area contributed by atoms with E-state index in [2.05, 4.69) is 58.8 Å². The maximum absolute atomic E-state index is 6.35. The van der Waals surface area contributed by atoms with Crippen molar-refractivity contribution in [2.75, 3.05) is 33.2 Å². The van der Waals surface area contributed by atoms with Crippen LogP contribution in [-0.2, 0) is 0 Å². The average Bonchev–Trinajstić information content (AvgIpc) is 2.96. The van der Waals surface area contributed by atoms with Crippen molar-refractivity contribution in [1.82, 2.24) is 14.4 Å². The lowest BCUT2D eigenvalue weighted by Crippen LogP contribution is -2.47. The zero-order chi connectivity index (χ0) is 16.0. The van der Waals surface area contributed by atoms with Gasteiger partial charge >= 0.3 is 0 Å². The second-order valence-electron chi connectivity index (χ2n) is 6.56. The van der Waals surface area contributed by atoms with E-state index >= 15 is 0 Å². The number of nitrogens with zero attached hydrogens (tertiary/aromatic N) is 3. The highest BCUT2D eigenvalue weighted by Crippen LogP contribution is 2.46. The molecular formula is C18H22ClN3S. The summed E-state index contributed by atoms with van der Waals surface area (Å²) in [4.78, 5) is 6.38. The maximum Gasteiger partial charge on any atom is 0.0799 e. The zero-order valence-electron chi connectivity index (χ0n) is 13.6. The number of aromatic nitrogens is 1. The van der Waals surface area contributed by atoms with Crippen molar-refractivity contribution in [3.05, 3.63) is 47.1 Å². The summed E-state index contributed by atoms with van der Waals surface area (Å²) in [7, 11) is 2.21. The molecule has 2 aliphatic heterocycles. The third kappa shape index (κ3) is 2.82. The van der Waals surface area contributed by atoms with Crippen molar-refractivity contribution in [3.63, 3.8) is 0 Å². The van der Waals surface area contributed by atoms with Crippen LogP contribution in [0.5, 0.6) is 0 Å². The van der Waals surface area contributed by atoms with Crippen LogP contribution < -0.4 is 0 Å². The van der Waals surface area contributed by atoms with E-state index in [1.54, 1.807) is 0 Å². The molecule has 2 aromatic rings. The Hall–Kier alpha value is -0.940. The highest BCUT2D eigenvalue weighted by Gasteiger charge is 2.34. The van der Waals surface area contributed by atoms with Gasteiger partial charge in [0.15, 0.2) is 0 Å². The first-order valence-electron chi connectivity index (χ1n) is 8.20. The summed E-state index contributed by atoms with van der Waals surface area (Å²) in [5.41, 5.74) is 1.38. The summed E-state index contributed by atoms with van der Waals surface area (Å²) in [6.45, 7) is 6.82. The first-order valence-corrected chi connectivity index (χ1v) is 9.39. The molecule has 0 saturated carbocycles. The normalized spacial score (nSPS) is 25.7. The van der Waals surface area contributed by atoms with Gasteiger partial charge in [0.25, 0.3) is 0 Å². The van der Waals surface area contributed by atoms with Gasteiger partial charge in [-0.15, -0.1) is 0 Å². The number of hydrogen-bond donors (Lipinski definition) is 0. The van der Waals surface area contributed by atoms with Crippen LogP contribution in [0.15, 0.2) is 46.5 Å². The summed E-state index contributed by atoms with van der Waals surface area (Å²) in [5.74, 6) is 0. The van der Waals surface area contributed by atoms with Gasteiger partial charge in [-0.05, 0) is 49.9 Å². The molecule has 3 nitrogen and oxygen atoms in total. The van der Waals surface area contributed by atoms with Crippen molar-refractivity contribution in [2.45, 2.75) is 28.9 Å². The second-order valence-corrected chi connectivity index (χ2v) is 8.06. The molecule has 0 aliphatic carbocycles. The van der Waals surface area contributed by atoms with Crippen molar-refractivity contribution in [2.24, 2.45) is 0 Å². The minimum Gasteiger partial charge on any atom is -0.338 e. The van der Waals surface area contributed by atoms with Gasteiger partial charge in [-0.1, -0.05) is 23.4 Å². The van der Waals surface area contributed by atoms with Crippen LogP contribution in [0.1, 0.15) is 24.6 Å². The molecule has 1 aromatic carbocycles. The molecule has 2 unspecified atom stereocenters. The van der Waals surface area contributed by atoms with Crippen molar-refractivity contribution >= 4 is 23.4 Å². The fourth-order valence-electron chi connectivity index (χ4n) is 3.77. The molecule has 23 heavy (non-hydrogen) atoms. The van der Waals surface area contributed by atoms with Crippen LogP contribution in [0.25, 0.3) is 0 Å². The number of halogens is 1. The lowest BCUT2D eigenvalue weighted by molar-refractivity contribution is 0.0840. The quantitative estimate of drug-likeness (QED) is 0.768. The molecule has 0 bridgehead atoms. The van der Waals surface area contributed by atoms with Gasteiger partial charge in [0, 0.05) is 42.3 Å². The van der Waals surface area contributed by atoms with Gasteiger partial charge < -0.3 is 9.47 Å². The highest BCUT2D eigenvalue weighted by atomic mass is 35.5. The van der Waals surface area contributed by atoms with Gasteiger partial charge in [0.2, 0.25) is 0 Å². The molecule has 3 heterocycles. The minimum absolute atomic E-state index is 0.374. The van der Waals surface area contributed by atoms with Gasteiger partial charge in [-0.2, -0.15) is 0 Å². The first-order chi connectivity index (χ1) is 11.1. The molecule has 0 amide bonds.